The van der Waals surface area contributed by atoms with Gasteiger partial charge in [0, 0.05) is 6.54 Å². The van der Waals surface area contributed by atoms with Crippen LogP contribution in [0.4, 0.5) is 0 Å². The van der Waals surface area contributed by atoms with Crippen LogP contribution in [0, 0.1) is 5.92 Å². The number of rotatable bonds is 4. The maximum atomic E-state index is 10.8. The lowest BCUT2D eigenvalue weighted by Crippen LogP contribution is -2.24. The Kier molecular flexibility index (Phi) is 5.47. The number of nitrogens with one attached hydrogen (secondary N) is 1. The second-order valence-electron chi connectivity index (χ2n) is 2.62. The molecular formula is C8H15NO2. The van der Waals surface area contributed by atoms with Gasteiger partial charge in [-0.2, -0.15) is 0 Å². The van der Waals surface area contributed by atoms with Crippen LogP contribution < -0.4 is 5.32 Å². The van der Waals surface area contributed by atoms with E-state index in [-0.39, 0.29) is 12.5 Å². The SMILES string of the molecule is CC(C)/C=C/C(=O)NCCO. The Balaban J connectivity index is 3.51. The van der Waals surface area contributed by atoms with E-state index in [1.54, 1.807) is 0 Å². The fourth-order valence-corrected chi connectivity index (χ4v) is 0.518. The third-order valence-electron chi connectivity index (χ3n) is 1.04. The Morgan fingerprint density at radius 3 is 2.73 bits per heavy atom. The lowest BCUT2D eigenvalue weighted by atomic mass is 10.2. The van der Waals surface area contributed by atoms with Crippen molar-refractivity contribution in [3.05, 3.63) is 12.2 Å². The van der Waals surface area contributed by atoms with E-state index in [0.717, 1.165) is 0 Å². The third-order valence-corrected chi connectivity index (χ3v) is 1.04. The highest BCUT2D eigenvalue weighted by atomic mass is 16.3. The second-order valence-corrected chi connectivity index (χ2v) is 2.62. The molecule has 3 nitrogen and oxygen atoms in total. The number of hydrogen-bond acceptors (Lipinski definition) is 2. The first kappa shape index (κ1) is 10.2. The summed E-state index contributed by atoms with van der Waals surface area (Å²) < 4.78 is 0. The van der Waals surface area contributed by atoms with Crippen LogP contribution in [0.25, 0.3) is 0 Å². The molecule has 0 aliphatic rings. The van der Waals surface area contributed by atoms with Gasteiger partial charge in [-0.1, -0.05) is 19.9 Å². The maximum Gasteiger partial charge on any atom is 0.243 e. The number of aliphatic hydroxyl groups is 1. The van der Waals surface area contributed by atoms with Crippen LogP contribution in [0.5, 0.6) is 0 Å². The minimum Gasteiger partial charge on any atom is -0.395 e. The summed E-state index contributed by atoms with van der Waals surface area (Å²) >= 11 is 0. The number of hydrogen-bond donors (Lipinski definition) is 2. The summed E-state index contributed by atoms with van der Waals surface area (Å²) in [5.74, 6) is 0.239. The molecule has 0 saturated carbocycles. The van der Waals surface area contributed by atoms with Crippen molar-refractivity contribution >= 4 is 5.91 Å². The van der Waals surface area contributed by atoms with Crippen LogP contribution in [0.15, 0.2) is 12.2 Å². The summed E-state index contributed by atoms with van der Waals surface area (Å²) in [7, 11) is 0. The van der Waals surface area contributed by atoms with E-state index in [2.05, 4.69) is 5.32 Å². The monoisotopic (exact) mass is 157 g/mol. The average molecular weight is 157 g/mol. The van der Waals surface area contributed by atoms with Crippen LogP contribution >= 0.6 is 0 Å². The van der Waals surface area contributed by atoms with Crippen LogP contribution in [0.2, 0.25) is 0 Å². The quantitative estimate of drug-likeness (QED) is 0.577. The molecule has 0 atom stereocenters. The van der Waals surface area contributed by atoms with Crippen LogP contribution in [0.3, 0.4) is 0 Å². The second kappa shape index (κ2) is 5.92. The molecule has 64 valence electrons. The number of allylic oxidation sites excluding steroid dienone is 1. The van der Waals surface area contributed by atoms with E-state index in [1.165, 1.54) is 6.08 Å². The predicted molar refractivity (Wildman–Crippen MR) is 44.1 cm³/mol. The lowest BCUT2D eigenvalue weighted by molar-refractivity contribution is -0.116. The Bertz CT molecular complexity index is 141. The van der Waals surface area contributed by atoms with Crippen LogP contribution in [-0.4, -0.2) is 24.2 Å². The summed E-state index contributed by atoms with van der Waals surface area (Å²) in [6, 6.07) is 0. The molecule has 2 N–H and O–H groups in total. The first-order valence-electron chi connectivity index (χ1n) is 3.73. The minimum atomic E-state index is -0.146. The molecule has 0 aromatic carbocycles. The van der Waals surface area contributed by atoms with Crippen molar-refractivity contribution in [1.29, 1.82) is 0 Å². The highest BCUT2D eigenvalue weighted by molar-refractivity contribution is 5.87. The molecule has 0 spiro atoms. The molecule has 0 radical (unpaired) electrons. The topological polar surface area (TPSA) is 49.3 Å². The summed E-state index contributed by atoms with van der Waals surface area (Å²) in [6.45, 7) is 4.30. The van der Waals surface area contributed by atoms with Crippen molar-refractivity contribution in [2.45, 2.75) is 13.8 Å². The smallest absolute Gasteiger partial charge is 0.243 e. The Hall–Kier alpha value is -0.830. The van der Waals surface area contributed by atoms with Crippen molar-refractivity contribution < 1.29 is 9.90 Å². The van der Waals surface area contributed by atoms with Crippen molar-refractivity contribution in [2.75, 3.05) is 13.2 Å². The van der Waals surface area contributed by atoms with Gasteiger partial charge in [0.1, 0.15) is 0 Å². The van der Waals surface area contributed by atoms with Gasteiger partial charge in [-0.3, -0.25) is 4.79 Å². The number of amides is 1. The zero-order valence-corrected chi connectivity index (χ0v) is 7.00. The zero-order chi connectivity index (χ0) is 8.69. The van der Waals surface area contributed by atoms with Crippen molar-refractivity contribution in [3.63, 3.8) is 0 Å². The maximum absolute atomic E-state index is 10.8. The summed E-state index contributed by atoms with van der Waals surface area (Å²) in [5, 5.41) is 10.9. The number of carbonyl (C=O) groups excluding carboxylic acids is 1. The zero-order valence-electron chi connectivity index (χ0n) is 7.00. The summed E-state index contributed by atoms with van der Waals surface area (Å²) in [4.78, 5) is 10.8. The highest BCUT2D eigenvalue weighted by Crippen LogP contribution is 1.91. The van der Waals surface area contributed by atoms with Gasteiger partial charge in [-0.05, 0) is 12.0 Å². The van der Waals surface area contributed by atoms with Crippen molar-refractivity contribution in [3.8, 4) is 0 Å². The van der Waals surface area contributed by atoms with Crippen LogP contribution in [0.1, 0.15) is 13.8 Å². The third kappa shape index (κ3) is 7.06. The molecule has 0 heterocycles. The van der Waals surface area contributed by atoms with Gasteiger partial charge >= 0.3 is 0 Å². The number of carbonyl (C=O) groups is 1. The molecule has 0 fully saturated rings. The molecule has 3 heteroatoms. The Morgan fingerprint density at radius 2 is 2.27 bits per heavy atom. The molecule has 0 aliphatic carbocycles. The molecule has 11 heavy (non-hydrogen) atoms. The van der Waals surface area contributed by atoms with E-state index in [1.807, 2.05) is 19.9 Å². The minimum absolute atomic E-state index is 0.0126. The average Bonchev–Trinajstić information content (AvgIpc) is 1.97. The predicted octanol–water partition coefficient (Wildman–Crippen LogP) is 0.307. The Morgan fingerprint density at radius 1 is 1.64 bits per heavy atom. The first-order valence-corrected chi connectivity index (χ1v) is 3.73. The van der Waals surface area contributed by atoms with Gasteiger partial charge in [-0.15, -0.1) is 0 Å². The molecule has 0 aromatic rings. The molecule has 0 aliphatic heterocycles. The van der Waals surface area contributed by atoms with Crippen molar-refractivity contribution in [2.24, 2.45) is 5.92 Å². The molecule has 0 unspecified atom stereocenters. The van der Waals surface area contributed by atoms with Gasteiger partial charge in [0.2, 0.25) is 5.91 Å². The summed E-state index contributed by atoms with van der Waals surface area (Å²) in [6.07, 6.45) is 3.30. The fourth-order valence-electron chi connectivity index (χ4n) is 0.518. The first-order chi connectivity index (χ1) is 5.16. The summed E-state index contributed by atoms with van der Waals surface area (Å²) in [5.41, 5.74) is 0. The van der Waals surface area contributed by atoms with Crippen LogP contribution in [-0.2, 0) is 4.79 Å². The molecule has 0 aromatic heterocycles. The fraction of sp³-hybridized carbons (Fsp3) is 0.625. The largest absolute Gasteiger partial charge is 0.395 e. The van der Waals surface area contributed by atoms with Gasteiger partial charge in [0.15, 0.2) is 0 Å². The van der Waals surface area contributed by atoms with E-state index < -0.39 is 0 Å². The van der Waals surface area contributed by atoms with Gasteiger partial charge in [0.05, 0.1) is 6.61 Å². The lowest BCUT2D eigenvalue weighted by Gasteiger charge is -1.97. The Labute approximate surface area is 67.1 Å². The number of aliphatic hydroxyl groups excluding tert-OH is 1. The van der Waals surface area contributed by atoms with Crippen molar-refractivity contribution in [1.82, 2.24) is 5.32 Å². The van der Waals surface area contributed by atoms with E-state index in [4.69, 9.17) is 5.11 Å². The van der Waals surface area contributed by atoms with E-state index in [9.17, 15) is 4.79 Å². The molecule has 0 rings (SSSR count). The normalized spacial score (nSPS) is 10.9. The molecule has 0 saturated heterocycles. The molecular weight excluding hydrogens is 142 g/mol. The van der Waals surface area contributed by atoms with E-state index >= 15 is 0 Å². The highest BCUT2D eigenvalue weighted by Gasteiger charge is 1.92. The van der Waals surface area contributed by atoms with Gasteiger partial charge in [0.25, 0.3) is 0 Å². The van der Waals surface area contributed by atoms with Gasteiger partial charge in [-0.25, -0.2) is 0 Å². The molecule has 1 amide bonds. The van der Waals surface area contributed by atoms with Gasteiger partial charge < -0.3 is 10.4 Å². The standard InChI is InChI=1S/C8H15NO2/c1-7(2)3-4-8(11)9-5-6-10/h3-4,7,10H,5-6H2,1-2H3,(H,9,11)/b4-3+. The van der Waals surface area contributed by atoms with E-state index in [0.29, 0.717) is 12.5 Å². The molecule has 0 bridgehead atoms.